The summed E-state index contributed by atoms with van der Waals surface area (Å²) in [6.45, 7) is 9.94. The van der Waals surface area contributed by atoms with Crippen LogP contribution in [-0.2, 0) is 0 Å². The molecule has 1 aliphatic rings. The van der Waals surface area contributed by atoms with Gasteiger partial charge < -0.3 is 4.90 Å². The molecular weight excluding hydrogens is 280 g/mol. The average molecular weight is 306 g/mol. The number of benzene rings is 2. The molecule has 3 rings (SSSR count). The maximum absolute atomic E-state index is 2.56. The number of piperazine rings is 1. The lowest BCUT2D eigenvalue weighted by Crippen LogP contribution is -2.46. The molecule has 1 fully saturated rings. The molecule has 1 heterocycles. The highest BCUT2D eigenvalue weighted by molar-refractivity contribution is 5.52. The molecule has 0 unspecified atom stereocenters. The van der Waals surface area contributed by atoms with Gasteiger partial charge in [-0.2, -0.15) is 0 Å². The molecule has 0 aliphatic carbocycles. The monoisotopic (exact) mass is 306 g/mol. The number of rotatable bonds is 4. The highest BCUT2D eigenvalue weighted by atomic mass is 15.3. The van der Waals surface area contributed by atoms with Gasteiger partial charge in [-0.05, 0) is 31.5 Å². The van der Waals surface area contributed by atoms with Crippen LogP contribution in [0.4, 0.5) is 5.69 Å². The van der Waals surface area contributed by atoms with Crippen LogP contribution in [0.3, 0.4) is 0 Å². The maximum Gasteiger partial charge on any atom is 0.0367 e. The zero-order valence-electron chi connectivity index (χ0n) is 14.2. The van der Waals surface area contributed by atoms with Gasteiger partial charge in [0.15, 0.2) is 0 Å². The second-order valence-corrected chi connectivity index (χ2v) is 6.50. The predicted octanol–water partition coefficient (Wildman–Crippen LogP) is 4.22. The molecule has 0 atom stereocenters. The second kappa shape index (κ2) is 7.47. The first-order valence-corrected chi connectivity index (χ1v) is 8.47. The van der Waals surface area contributed by atoms with Gasteiger partial charge >= 0.3 is 0 Å². The summed E-state index contributed by atoms with van der Waals surface area (Å²) >= 11 is 0. The van der Waals surface area contributed by atoms with E-state index in [1.54, 1.807) is 0 Å². The Kier molecular flexibility index (Phi) is 5.14. The van der Waals surface area contributed by atoms with E-state index in [9.17, 15) is 0 Å². The van der Waals surface area contributed by atoms with Crippen molar-refractivity contribution in [2.45, 2.75) is 13.8 Å². The summed E-state index contributed by atoms with van der Waals surface area (Å²) < 4.78 is 0. The van der Waals surface area contributed by atoms with E-state index in [0.29, 0.717) is 0 Å². The van der Waals surface area contributed by atoms with Crippen LogP contribution in [0.15, 0.2) is 60.2 Å². The Morgan fingerprint density at radius 3 is 2.22 bits per heavy atom. The largest absolute Gasteiger partial charge is 0.369 e. The Morgan fingerprint density at radius 1 is 0.913 bits per heavy atom. The first-order valence-electron chi connectivity index (χ1n) is 8.47. The third-order valence-electron chi connectivity index (χ3n) is 4.46. The van der Waals surface area contributed by atoms with E-state index in [1.165, 1.54) is 22.4 Å². The van der Waals surface area contributed by atoms with Crippen LogP contribution in [0.25, 0.3) is 6.08 Å². The van der Waals surface area contributed by atoms with Gasteiger partial charge in [0.05, 0.1) is 0 Å². The van der Waals surface area contributed by atoms with Crippen LogP contribution < -0.4 is 4.90 Å². The van der Waals surface area contributed by atoms with Crippen molar-refractivity contribution in [3.05, 3.63) is 71.3 Å². The first-order chi connectivity index (χ1) is 11.2. The first kappa shape index (κ1) is 15.8. The molecule has 1 aliphatic heterocycles. The van der Waals surface area contributed by atoms with Crippen molar-refractivity contribution in [2.24, 2.45) is 0 Å². The van der Waals surface area contributed by atoms with Gasteiger partial charge in [-0.25, -0.2) is 0 Å². The van der Waals surface area contributed by atoms with Crippen LogP contribution >= 0.6 is 0 Å². The van der Waals surface area contributed by atoms with E-state index in [0.717, 1.165) is 32.7 Å². The summed E-state index contributed by atoms with van der Waals surface area (Å²) in [6, 6.07) is 19.5. The smallest absolute Gasteiger partial charge is 0.0367 e. The number of aryl methyl sites for hydroxylation is 1. The van der Waals surface area contributed by atoms with Crippen LogP contribution in [0, 0.1) is 6.92 Å². The summed E-state index contributed by atoms with van der Waals surface area (Å²) in [4.78, 5) is 5.05. The lowest BCUT2D eigenvalue weighted by atomic mass is 10.1. The summed E-state index contributed by atoms with van der Waals surface area (Å²) in [7, 11) is 0. The lowest BCUT2D eigenvalue weighted by molar-refractivity contribution is 0.279. The molecule has 0 amide bonds. The van der Waals surface area contributed by atoms with Gasteiger partial charge in [-0.1, -0.05) is 59.7 Å². The summed E-state index contributed by atoms with van der Waals surface area (Å²) in [5.41, 5.74) is 5.41. The van der Waals surface area contributed by atoms with E-state index in [-0.39, 0.29) is 0 Å². The van der Waals surface area contributed by atoms with Gasteiger partial charge in [0.1, 0.15) is 0 Å². The molecule has 0 aromatic heterocycles. The Hall–Kier alpha value is -2.06. The fourth-order valence-electron chi connectivity index (χ4n) is 3.15. The fraction of sp³-hybridized carbons (Fsp3) is 0.333. The molecule has 2 aromatic rings. The molecule has 0 saturated carbocycles. The van der Waals surface area contributed by atoms with E-state index in [1.807, 2.05) is 0 Å². The van der Waals surface area contributed by atoms with Gasteiger partial charge in [-0.15, -0.1) is 0 Å². The minimum absolute atomic E-state index is 1.07. The van der Waals surface area contributed by atoms with Crippen LogP contribution in [0.1, 0.15) is 18.1 Å². The molecule has 2 heteroatoms. The molecule has 0 radical (unpaired) electrons. The molecule has 23 heavy (non-hydrogen) atoms. The standard InChI is InChI=1S/C21H26N2/c1-18-8-10-21(11-9-18)23-14-12-22(13-15-23)17-19(2)16-20-6-4-3-5-7-20/h3-11,16H,12-15,17H2,1-2H3/b19-16+. The van der Waals surface area contributed by atoms with Gasteiger partial charge in [-0.3, -0.25) is 4.90 Å². The quantitative estimate of drug-likeness (QED) is 0.834. The Labute approximate surface area is 140 Å². The molecule has 0 spiro atoms. The van der Waals surface area contributed by atoms with Gasteiger partial charge in [0.25, 0.3) is 0 Å². The number of hydrogen-bond acceptors (Lipinski definition) is 2. The molecule has 0 bridgehead atoms. The Balaban J connectivity index is 1.53. The number of hydrogen-bond donors (Lipinski definition) is 0. The van der Waals surface area contributed by atoms with Crippen molar-refractivity contribution in [3.63, 3.8) is 0 Å². The Morgan fingerprint density at radius 2 is 1.57 bits per heavy atom. The van der Waals surface area contributed by atoms with Crippen LogP contribution in [-0.4, -0.2) is 37.6 Å². The fourth-order valence-corrected chi connectivity index (χ4v) is 3.15. The minimum Gasteiger partial charge on any atom is -0.369 e. The normalized spacial score (nSPS) is 16.6. The van der Waals surface area contributed by atoms with Crippen molar-refractivity contribution < 1.29 is 0 Å². The van der Waals surface area contributed by atoms with Gasteiger partial charge in [0, 0.05) is 38.4 Å². The Bertz CT molecular complexity index is 635. The average Bonchev–Trinajstić information content (AvgIpc) is 2.57. The predicted molar refractivity (Wildman–Crippen MR) is 99.9 cm³/mol. The van der Waals surface area contributed by atoms with Gasteiger partial charge in [0.2, 0.25) is 0 Å². The summed E-state index contributed by atoms with van der Waals surface area (Å²) in [5.74, 6) is 0. The van der Waals surface area contributed by atoms with Crippen molar-refractivity contribution >= 4 is 11.8 Å². The maximum atomic E-state index is 2.56. The highest BCUT2D eigenvalue weighted by Crippen LogP contribution is 2.17. The highest BCUT2D eigenvalue weighted by Gasteiger charge is 2.17. The zero-order valence-corrected chi connectivity index (χ0v) is 14.2. The van der Waals surface area contributed by atoms with Crippen molar-refractivity contribution in [1.82, 2.24) is 4.90 Å². The lowest BCUT2D eigenvalue weighted by Gasteiger charge is -2.36. The van der Waals surface area contributed by atoms with Crippen LogP contribution in [0.2, 0.25) is 0 Å². The molecule has 1 saturated heterocycles. The zero-order chi connectivity index (χ0) is 16.1. The van der Waals surface area contributed by atoms with E-state index in [2.05, 4.69) is 84.3 Å². The molecule has 120 valence electrons. The van der Waals surface area contributed by atoms with Crippen LogP contribution in [0.5, 0.6) is 0 Å². The number of anilines is 1. The van der Waals surface area contributed by atoms with Crippen molar-refractivity contribution in [1.29, 1.82) is 0 Å². The summed E-state index contributed by atoms with van der Waals surface area (Å²) in [5, 5.41) is 0. The SMILES string of the molecule is C/C(=C\c1ccccc1)CN1CCN(c2ccc(C)cc2)CC1. The molecular formula is C21H26N2. The topological polar surface area (TPSA) is 6.48 Å². The molecule has 0 N–H and O–H groups in total. The summed E-state index contributed by atoms with van der Waals surface area (Å²) in [6.07, 6.45) is 2.30. The minimum atomic E-state index is 1.07. The van der Waals surface area contributed by atoms with E-state index in [4.69, 9.17) is 0 Å². The molecule has 2 nitrogen and oxygen atoms in total. The number of nitrogens with zero attached hydrogens (tertiary/aromatic N) is 2. The van der Waals surface area contributed by atoms with Crippen molar-refractivity contribution in [3.8, 4) is 0 Å². The third kappa shape index (κ3) is 4.46. The van der Waals surface area contributed by atoms with Crippen molar-refractivity contribution in [2.75, 3.05) is 37.6 Å². The second-order valence-electron chi connectivity index (χ2n) is 6.50. The van der Waals surface area contributed by atoms with E-state index >= 15 is 0 Å². The third-order valence-corrected chi connectivity index (χ3v) is 4.46. The van der Waals surface area contributed by atoms with E-state index < -0.39 is 0 Å². The molecule has 2 aromatic carbocycles.